The minimum Gasteiger partial charge on any atom is -0.352 e. The van der Waals surface area contributed by atoms with Crippen LogP contribution in [0.4, 0.5) is 10.5 Å². The van der Waals surface area contributed by atoms with Gasteiger partial charge in [-0.05, 0) is 30.5 Å². The molecule has 0 spiro atoms. The Morgan fingerprint density at radius 2 is 1.95 bits per heavy atom. The lowest BCUT2D eigenvalue weighted by atomic mass is 10.2. The smallest absolute Gasteiger partial charge is 0.319 e. The monoisotopic (exact) mass is 277 g/mol. The Kier molecular flexibility index (Phi) is 6.56. The first-order chi connectivity index (χ1) is 9.52. The molecule has 110 valence electrons. The zero-order chi connectivity index (χ0) is 15.0. The second-order valence-electron chi connectivity index (χ2n) is 5.07. The van der Waals surface area contributed by atoms with Gasteiger partial charge < -0.3 is 16.0 Å². The molecule has 0 fully saturated rings. The van der Waals surface area contributed by atoms with Crippen molar-refractivity contribution in [1.82, 2.24) is 10.6 Å². The molecule has 0 atom stereocenters. The van der Waals surface area contributed by atoms with E-state index < -0.39 is 0 Å². The molecule has 0 saturated heterocycles. The minimum absolute atomic E-state index is 0.127. The molecule has 5 nitrogen and oxygen atoms in total. The summed E-state index contributed by atoms with van der Waals surface area (Å²) in [6, 6.07) is 6.64. The summed E-state index contributed by atoms with van der Waals surface area (Å²) < 4.78 is 0. The number of rotatable bonds is 6. The van der Waals surface area contributed by atoms with Crippen LogP contribution in [0.1, 0.15) is 37.6 Å². The zero-order valence-electron chi connectivity index (χ0n) is 12.3. The van der Waals surface area contributed by atoms with Crippen molar-refractivity contribution >= 4 is 17.6 Å². The molecule has 0 radical (unpaired) electrons. The van der Waals surface area contributed by atoms with E-state index in [0.29, 0.717) is 30.3 Å². The number of benzene rings is 1. The molecule has 0 saturated carbocycles. The third kappa shape index (κ3) is 5.73. The van der Waals surface area contributed by atoms with Crippen molar-refractivity contribution in [3.05, 3.63) is 29.8 Å². The number of carbonyl (C=O) groups excluding carboxylic acids is 2. The van der Waals surface area contributed by atoms with Crippen molar-refractivity contribution in [3.63, 3.8) is 0 Å². The van der Waals surface area contributed by atoms with Crippen LogP contribution in [0.3, 0.4) is 0 Å². The van der Waals surface area contributed by atoms with Gasteiger partial charge in [0, 0.05) is 24.3 Å². The highest BCUT2D eigenvalue weighted by Crippen LogP contribution is 2.10. The van der Waals surface area contributed by atoms with Gasteiger partial charge in [-0.2, -0.15) is 0 Å². The number of nitrogens with one attached hydrogen (secondary N) is 3. The molecule has 0 aromatic heterocycles. The fourth-order valence-electron chi connectivity index (χ4n) is 1.55. The van der Waals surface area contributed by atoms with E-state index >= 15 is 0 Å². The van der Waals surface area contributed by atoms with Crippen LogP contribution < -0.4 is 16.0 Å². The van der Waals surface area contributed by atoms with Crippen LogP contribution in [0.5, 0.6) is 0 Å². The van der Waals surface area contributed by atoms with E-state index in [1.54, 1.807) is 24.3 Å². The average molecular weight is 277 g/mol. The summed E-state index contributed by atoms with van der Waals surface area (Å²) in [5, 5.41) is 8.28. The summed E-state index contributed by atoms with van der Waals surface area (Å²) >= 11 is 0. The van der Waals surface area contributed by atoms with Crippen LogP contribution >= 0.6 is 0 Å². The van der Waals surface area contributed by atoms with Gasteiger partial charge in [0.25, 0.3) is 5.91 Å². The summed E-state index contributed by atoms with van der Waals surface area (Å²) in [7, 11) is 0. The van der Waals surface area contributed by atoms with E-state index in [1.807, 2.05) is 20.8 Å². The van der Waals surface area contributed by atoms with E-state index in [0.717, 1.165) is 6.42 Å². The van der Waals surface area contributed by atoms with Gasteiger partial charge in [-0.25, -0.2) is 4.79 Å². The maximum absolute atomic E-state index is 11.8. The first-order valence-corrected chi connectivity index (χ1v) is 6.96. The summed E-state index contributed by atoms with van der Waals surface area (Å²) in [5.74, 6) is 0.269. The summed E-state index contributed by atoms with van der Waals surface area (Å²) in [6.45, 7) is 7.31. The highest BCUT2D eigenvalue weighted by atomic mass is 16.2. The third-order valence-electron chi connectivity index (χ3n) is 2.59. The molecule has 0 aliphatic rings. The van der Waals surface area contributed by atoms with Gasteiger partial charge in [-0.1, -0.05) is 26.8 Å². The van der Waals surface area contributed by atoms with Crippen LogP contribution in [0.25, 0.3) is 0 Å². The van der Waals surface area contributed by atoms with Gasteiger partial charge in [0.1, 0.15) is 0 Å². The Morgan fingerprint density at radius 1 is 1.20 bits per heavy atom. The number of amides is 3. The SMILES string of the molecule is CCCNC(=O)c1cccc(NC(=O)NCC(C)C)c1. The van der Waals surface area contributed by atoms with Gasteiger partial charge in [0.2, 0.25) is 0 Å². The molecule has 1 rings (SSSR count). The molecule has 0 heterocycles. The van der Waals surface area contributed by atoms with Crippen molar-refractivity contribution in [1.29, 1.82) is 0 Å². The average Bonchev–Trinajstić information content (AvgIpc) is 2.42. The normalized spacial score (nSPS) is 10.2. The lowest BCUT2D eigenvalue weighted by Crippen LogP contribution is -2.31. The molecule has 5 heteroatoms. The third-order valence-corrected chi connectivity index (χ3v) is 2.59. The van der Waals surface area contributed by atoms with Crippen molar-refractivity contribution in [2.45, 2.75) is 27.2 Å². The second kappa shape index (κ2) is 8.19. The quantitative estimate of drug-likeness (QED) is 0.748. The Balaban J connectivity index is 2.59. The Bertz CT molecular complexity index is 458. The molecule has 20 heavy (non-hydrogen) atoms. The summed E-state index contributed by atoms with van der Waals surface area (Å²) in [5.41, 5.74) is 1.15. The predicted octanol–water partition coefficient (Wildman–Crippen LogP) is 2.60. The second-order valence-corrected chi connectivity index (χ2v) is 5.07. The molecular formula is C15H23N3O2. The number of anilines is 1. The maximum atomic E-state index is 11.8. The summed E-state index contributed by atoms with van der Waals surface area (Å²) in [6.07, 6.45) is 0.890. The van der Waals surface area contributed by atoms with Gasteiger partial charge >= 0.3 is 6.03 Å². The molecule has 0 unspecified atom stereocenters. The van der Waals surface area contributed by atoms with Crippen molar-refractivity contribution < 1.29 is 9.59 Å². The molecule has 1 aromatic rings. The van der Waals surface area contributed by atoms with Gasteiger partial charge in [0.05, 0.1) is 0 Å². The van der Waals surface area contributed by atoms with Crippen LogP contribution in [-0.4, -0.2) is 25.0 Å². The lowest BCUT2D eigenvalue weighted by Gasteiger charge is -2.10. The molecule has 3 N–H and O–H groups in total. The van der Waals surface area contributed by atoms with E-state index in [1.165, 1.54) is 0 Å². The number of urea groups is 1. The largest absolute Gasteiger partial charge is 0.352 e. The van der Waals surface area contributed by atoms with E-state index in [4.69, 9.17) is 0 Å². The highest BCUT2D eigenvalue weighted by Gasteiger charge is 2.07. The zero-order valence-corrected chi connectivity index (χ0v) is 12.3. The first-order valence-electron chi connectivity index (χ1n) is 6.96. The molecular weight excluding hydrogens is 254 g/mol. The standard InChI is InChI=1S/C15H23N3O2/c1-4-8-16-14(19)12-6-5-7-13(9-12)18-15(20)17-10-11(2)3/h5-7,9,11H,4,8,10H2,1-3H3,(H,16,19)(H2,17,18,20). The van der Waals surface area contributed by atoms with Gasteiger partial charge in [0.15, 0.2) is 0 Å². The van der Waals surface area contributed by atoms with Crippen molar-refractivity contribution in [2.75, 3.05) is 18.4 Å². The summed E-state index contributed by atoms with van der Waals surface area (Å²) in [4.78, 5) is 23.5. The predicted molar refractivity (Wildman–Crippen MR) is 80.9 cm³/mol. The van der Waals surface area contributed by atoms with Crippen LogP contribution in [0.2, 0.25) is 0 Å². The molecule has 0 aliphatic heterocycles. The van der Waals surface area contributed by atoms with Crippen LogP contribution in [0, 0.1) is 5.92 Å². The first kappa shape index (κ1) is 16.0. The Labute approximate surface area is 120 Å². The van der Waals surface area contributed by atoms with E-state index in [-0.39, 0.29) is 11.9 Å². The highest BCUT2D eigenvalue weighted by molar-refractivity contribution is 5.96. The maximum Gasteiger partial charge on any atom is 0.319 e. The number of hydrogen-bond acceptors (Lipinski definition) is 2. The fourth-order valence-corrected chi connectivity index (χ4v) is 1.55. The van der Waals surface area contributed by atoms with Crippen molar-refractivity contribution in [2.24, 2.45) is 5.92 Å². The topological polar surface area (TPSA) is 70.2 Å². The Hall–Kier alpha value is -2.04. The molecule has 0 bridgehead atoms. The Morgan fingerprint density at radius 3 is 2.60 bits per heavy atom. The van der Waals surface area contributed by atoms with Crippen LogP contribution in [0.15, 0.2) is 24.3 Å². The van der Waals surface area contributed by atoms with Gasteiger partial charge in [-0.15, -0.1) is 0 Å². The number of carbonyl (C=O) groups is 2. The van der Waals surface area contributed by atoms with Crippen molar-refractivity contribution in [3.8, 4) is 0 Å². The molecule has 0 aliphatic carbocycles. The minimum atomic E-state index is -0.259. The van der Waals surface area contributed by atoms with E-state index in [9.17, 15) is 9.59 Å². The molecule has 1 aromatic carbocycles. The van der Waals surface area contributed by atoms with E-state index in [2.05, 4.69) is 16.0 Å². The van der Waals surface area contributed by atoms with Crippen LogP contribution in [-0.2, 0) is 0 Å². The molecule has 3 amide bonds. The lowest BCUT2D eigenvalue weighted by molar-refractivity contribution is 0.0953. The van der Waals surface area contributed by atoms with Gasteiger partial charge in [-0.3, -0.25) is 4.79 Å². The fraction of sp³-hybridized carbons (Fsp3) is 0.467. The number of hydrogen-bond donors (Lipinski definition) is 3.